The fourth-order valence-corrected chi connectivity index (χ4v) is 6.10. The molecule has 23 heavy (non-hydrogen) atoms. The molecular formula is C18H29NO3S. The van der Waals surface area contributed by atoms with Gasteiger partial charge in [-0.15, -0.1) is 11.8 Å². The van der Waals surface area contributed by atoms with Crippen molar-refractivity contribution in [1.29, 1.82) is 0 Å². The number of carbonyl (C=O) groups is 2. The van der Waals surface area contributed by atoms with Gasteiger partial charge in [-0.2, -0.15) is 0 Å². The lowest BCUT2D eigenvalue weighted by Crippen LogP contribution is -2.50. The van der Waals surface area contributed by atoms with E-state index in [9.17, 15) is 9.59 Å². The first-order valence-electron chi connectivity index (χ1n) is 9.24. The van der Waals surface area contributed by atoms with Gasteiger partial charge in [-0.3, -0.25) is 4.79 Å². The summed E-state index contributed by atoms with van der Waals surface area (Å²) in [6.07, 6.45) is 11.7. The summed E-state index contributed by atoms with van der Waals surface area (Å²) in [7, 11) is 1.43. The van der Waals surface area contributed by atoms with Gasteiger partial charge in [-0.1, -0.05) is 38.5 Å². The topological polar surface area (TPSA) is 46.6 Å². The highest BCUT2D eigenvalue weighted by molar-refractivity contribution is 8.00. The van der Waals surface area contributed by atoms with Crippen LogP contribution in [0.25, 0.3) is 0 Å². The van der Waals surface area contributed by atoms with E-state index in [1.807, 2.05) is 4.90 Å². The van der Waals surface area contributed by atoms with Crippen molar-refractivity contribution < 1.29 is 14.3 Å². The van der Waals surface area contributed by atoms with Crippen LogP contribution in [0.4, 0.5) is 0 Å². The highest BCUT2D eigenvalue weighted by Gasteiger charge is 2.46. The first kappa shape index (κ1) is 17.1. The molecule has 2 aliphatic carbocycles. The molecular weight excluding hydrogens is 310 g/mol. The fraction of sp³-hybridized carbons (Fsp3) is 0.889. The summed E-state index contributed by atoms with van der Waals surface area (Å²) in [6, 6.07) is -0.369. The SMILES string of the molecule is COC(=O)C1CSC(C2CCCCC2)N1C(=O)C1CCCCC1. The molecule has 3 aliphatic rings. The van der Waals surface area contributed by atoms with Crippen LogP contribution in [0.1, 0.15) is 64.2 Å². The van der Waals surface area contributed by atoms with Crippen molar-refractivity contribution in [2.24, 2.45) is 11.8 Å². The van der Waals surface area contributed by atoms with Crippen LogP contribution in [0.15, 0.2) is 0 Å². The van der Waals surface area contributed by atoms with E-state index in [0.717, 1.165) is 25.7 Å². The van der Waals surface area contributed by atoms with Gasteiger partial charge < -0.3 is 9.64 Å². The second-order valence-corrected chi connectivity index (χ2v) is 8.39. The van der Waals surface area contributed by atoms with Crippen LogP contribution in [0.3, 0.4) is 0 Å². The molecule has 5 heteroatoms. The molecule has 0 aromatic rings. The van der Waals surface area contributed by atoms with Gasteiger partial charge in [0.25, 0.3) is 0 Å². The second-order valence-electron chi connectivity index (χ2n) is 7.24. The van der Waals surface area contributed by atoms with Crippen LogP contribution >= 0.6 is 11.8 Å². The first-order chi connectivity index (χ1) is 11.2. The van der Waals surface area contributed by atoms with Gasteiger partial charge in [0.05, 0.1) is 12.5 Å². The highest BCUT2D eigenvalue weighted by Crippen LogP contribution is 2.42. The van der Waals surface area contributed by atoms with Gasteiger partial charge in [0.1, 0.15) is 6.04 Å². The standard InChI is InChI=1S/C18H29NO3S/c1-22-18(21)15-12-23-17(14-10-6-3-7-11-14)19(15)16(20)13-8-4-2-5-9-13/h13-15,17H,2-12H2,1H3. The van der Waals surface area contributed by atoms with Crippen molar-refractivity contribution in [1.82, 2.24) is 4.90 Å². The molecule has 1 amide bonds. The molecule has 2 unspecified atom stereocenters. The lowest BCUT2D eigenvalue weighted by molar-refractivity contribution is -0.154. The second kappa shape index (κ2) is 7.91. The summed E-state index contributed by atoms with van der Waals surface area (Å²) in [5.74, 6) is 1.36. The van der Waals surface area contributed by atoms with Gasteiger partial charge in [0.2, 0.25) is 5.91 Å². The number of methoxy groups -OCH3 is 1. The Morgan fingerprint density at radius 1 is 0.957 bits per heavy atom. The molecule has 0 radical (unpaired) electrons. The number of rotatable bonds is 3. The monoisotopic (exact) mass is 339 g/mol. The number of nitrogens with zero attached hydrogens (tertiary/aromatic N) is 1. The fourth-order valence-electron chi connectivity index (χ4n) is 4.47. The molecule has 130 valence electrons. The lowest BCUT2D eigenvalue weighted by Gasteiger charge is -2.37. The van der Waals surface area contributed by atoms with E-state index in [2.05, 4.69) is 0 Å². The molecule has 0 aromatic heterocycles. The minimum Gasteiger partial charge on any atom is -0.467 e. The van der Waals surface area contributed by atoms with E-state index < -0.39 is 0 Å². The number of carbonyl (C=O) groups excluding carboxylic acids is 2. The predicted molar refractivity (Wildman–Crippen MR) is 92.0 cm³/mol. The molecule has 4 nitrogen and oxygen atoms in total. The van der Waals surface area contributed by atoms with Crippen LogP contribution in [0.5, 0.6) is 0 Å². The maximum Gasteiger partial charge on any atom is 0.329 e. The predicted octanol–water partition coefficient (Wildman–Crippen LogP) is 3.59. The summed E-state index contributed by atoms with van der Waals surface area (Å²) >= 11 is 1.81. The maximum absolute atomic E-state index is 13.2. The van der Waals surface area contributed by atoms with E-state index in [1.165, 1.54) is 45.6 Å². The van der Waals surface area contributed by atoms with Crippen LogP contribution in [0.2, 0.25) is 0 Å². The number of thioether (sulfide) groups is 1. The van der Waals surface area contributed by atoms with Gasteiger partial charge in [0, 0.05) is 11.7 Å². The smallest absolute Gasteiger partial charge is 0.329 e. The molecule has 3 fully saturated rings. The number of amides is 1. The van der Waals surface area contributed by atoms with Crippen LogP contribution in [-0.2, 0) is 14.3 Å². The minimum atomic E-state index is -0.369. The molecule has 2 atom stereocenters. The summed E-state index contributed by atoms with van der Waals surface area (Å²) in [5, 5.41) is 0.189. The van der Waals surface area contributed by atoms with Crippen LogP contribution in [0, 0.1) is 11.8 Å². The Hall–Kier alpha value is -0.710. The molecule has 1 aliphatic heterocycles. The average molecular weight is 340 g/mol. The number of hydrogen-bond acceptors (Lipinski definition) is 4. The average Bonchev–Trinajstić information content (AvgIpc) is 3.07. The van der Waals surface area contributed by atoms with E-state index in [0.29, 0.717) is 11.7 Å². The Kier molecular flexibility index (Phi) is 5.89. The van der Waals surface area contributed by atoms with Crippen molar-refractivity contribution in [2.45, 2.75) is 75.6 Å². The number of hydrogen-bond donors (Lipinski definition) is 0. The highest BCUT2D eigenvalue weighted by atomic mass is 32.2. The molecule has 0 bridgehead atoms. The Morgan fingerprint density at radius 2 is 1.57 bits per heavy atom. The van der Waals surface area contributed by atoms with Gasteiger partial charge >= 0.3 is 5.97 Å². The zero-order chi connectivity index (χ0) is 16.2. The third-order valence-electron chi connectivity index (χ3n) is 5.77. The van der Waals surface area contributed by atoms with E-state index in [4.69, 9.17) is 4.74 Å². The zero-order valence-electron chi connectivity index (χ0n) is 14.2. The summed E-state index contributed by atoms with van der Waals surface area (Å²) < 4.78 is 4.99. The van der Waals surface area contributed by atoms with E-state index >= 15 is 0 Å². The summed E-state index contributed by atoms with van der Waals surface area (Å²) in [4.78, 5) is 27.3. The molecule has 0 aromatic carbocycles. The Bertz CT molecular complexity index is 430. The van der Waals surface area contributed by atoms with Crippen molar-refractivity contribution in [2.75, 3.05) is 12.9 Å². The third-order valence-corrected chi connectivity index (χ3v) is 7.23. The van der Waals surface area contributed by atoms with Gasteiger partial charge in [-0.25, -0.2) is 4.79 Å². The van der Waals surface area contributed by atoms with Crippen molar-refractivity contribution in [3.8, 4) is 0 Å². The minimum absolute atomic E-state index is 0.126. The lowest BCUT2D eigenvalue weighted by atomic mass is 9.86. The number of esters is 1. The molecule has 0 spiro atoms. The van der Waals surface area contributed by atoms with Crippen molar-refractivity contribution >= 4 is 23.6 Å². The summed E-state index contributed by atoms with van der Waals surface area (Å²) in [5.41, 5.74) is 0. The largest absolute Gasteiger partial charge is 0.467 e. The summed E-state index contributed by atoms with van der Waals surface area (Å²) in [6.45, 7) is 0. The quantitative estimate of drug-likeness (QED) is 0.737. The van der Waals surface area contributed by atoms with E-state index in [1.54, 1.807) is 11.8 Å². The number of ether oxygens (including phenoxy) is 1. The normalized spacial score (nSPS) is 30.4. The Labute approximate surface area is 143 Å². The molecule has 1 heterocycles. The van der Waals surface area contributed by atoms with Gasteiger partial charge in [0.15, 0.2) is 0 Å². The molecule has 3 rings (SSSR count). The Morgan fingerprint density at radius 3 is 2.17 bits per heavy atom. The Balaban J connectivity index is 1.77. The third kappa shape index (κ3) is 3.70. The maximum atomic E-state index is 13.2. The molecule has 1 saturated heterocycles. The van der Waals surface area contributed by atoms with Crippen LogP contribution in [-0.4, -0.2) is 41.1 Å². The first-order valence-corrected chi connectivity index (χ1v) is 10.3. The molecule has 2 saturated carbocycles. The van der Waals surface area contributed by atoms with Crippen molar-refractivity contribution in [3.05, 3.63) is 0 Å². The molecule has 0 N–H and O–H groups in total. The van der Waals surface area contributed by atoms with E-state index in [-0.39, 0.29) is 29.2 Å². The van der Waals surface area contributed by atoms with Crippen molar-refractivity contribution in [3.63, 3.8) is 0 Å². The van der Waals surface area contributed by atoms with Gasteiger partial charge in [-0.05, 0) is 31.6 Å². The zero-order valence-corrected chi connectivity index (χ0v) is 15.0. The van der Waals surface area contributed by atoms with Crippen LogP contribution < -0.4 is 0 Å².